The van der Waals surface area contributed by atoms with Gasteiger partial charge in [0.05, 0.1) is 24.8 Å². The van der Waals surface area contributed by atoms with Crippen molar-refractivity contribution >= 4 is 17.2 Å². The summed E-state index contributed by atoms with van der Waals surface area (Å²) in [5.41, 5.74) is 9.49. The summed E-state index contributed by atoms with van der Waals surface area (Å²) in [6.07, 6.45) is 1.77. The number of aryl methyl sites for hydroxylation is 1. The number of thiocarbonyl (C=S) groups is 1. The van der Waals surface area contributed by atoms with Crippen molar-refractivity contribution in [1.82, 2.24) is 9.55 Å². The van der Waals surface area contributed by atoms with E-state index in [-0.39, 0.29) is 0 Å². The van der Waals surface area contributed by atoms with Gasteiger partial charge >= 0.3 is 0 Å². The summed E-state index contributed by atoms with van der Waals surface area (Å²) in [6, 6.07) is 5.62. The second kappa shape index (κ2) is 4.78. The van der Waals surface area contributed by atoms with Crippen molar-refractivity contribution in [1.29, 1.82) is 0 Å². The number of imidazole rings is 1. The number of hydrogen-bond acceptors (Lipinski definition) is 3. The minimum atomic E-state index is 0.360. The molecule has 0 bridgehead atoms. The average molecular weight is 261 g/mol. The lowest BCUT2D eigenvalue weighted by atomic mass is 10.1. The van der Waals surface area contributed by atoms with Gasteiger partial charge in [0.25, 0.3) is 0 Å². The number of benzene rings is 1. The molecule has 94 valence electrons. The quantitative estimate of drug-likeness (QED) is 0.860. The van der Waals surface area contributed by atoms with Gasteiger partial charge in [-0.05, 0) is 26.0 Å². The summed E-state index contributed by atoms with van der Waals surface area (Å²) >= 11 is 5.08. The van der Waals surface area contributed by atoms with E-state index in [9.17, 15) is 0 Å². The van der Waals surface area contributed by atoms with Gasteiger partial charge < -0.3 is 15.0 Å². The Morgan fingerprint density at radius 1 is 1.39 bits per heavy atom. The Balaban J connectivity index is 2.67. The van der Waals surface area contributed by atoms with E-state index < -0.39 is 0 Å². The Labute approximate surface area is 111 Å². The first-order valence-corrected chi connectivity index (χ1v) is 5.94. The lowest BCUT2D eigenvalue weighted by Crippen LogP contribution is -2.13. The van der Waals surface area contributed by atoms with E-state index >= 15 is 0 Å². The molecular weight excluding hydrogens is 246 g/mol. The summed E-state index contributed by atoms with van der Waals surface area (Å²) in [7, 11) is 1.63. The Hall–Kier alpha value is -1.88. The van der Waals surface area contributed by atoms with Crippen LogP contribution < -0.4 is 10.5 Å². The SMILES string of the molecule is COc1ccc(C(N)=S)c(-n2cnc(C)c2C)c1. The van der Waals surface area contributed by atoms with Gasteiger partial charge in [-0.2, -0.15) is 0 Å². The highest BCUT2D eigenvalue weighted by Gasteiger charge is 2.12. The van der Waals surface area contributed by atoms with Crippen LogP contribution in [0.5, 0.6) is 5.75 Å². The van der Waals surface area contributed by atoms with E-state index in [1.165, 1.54) is 0 Å². The van der Waals surface area contributed by atoms with Gasteiger partial charge in [0.15, 0.2) is 0 Å². The highest BCUT2D eigenvalue weighted by atomic mass is 32.1. The zero-order valence-electron chi connectivity index (χ0n) is 10.6. The maximum atomic E-state index is 5.76. The summed E-state index contributed by atoms with van der Waals surface area (Å²) in [5, 5.41) is 0. The lowest BCUT2D eigenvalue weighted by Gasteiger charge is -2.12. The van der Waals surface area contributed by atoms with E-state index in [1.54, 1.807) is 13.4 Å². The van der Waals surface area contributed by atoms with E-state index in [0.29, 0.717) is 4.99 Å². The van der Waals surface area contributed by atoms with Crippen LogP contribution in [-0.4, -0.2) is 21.6 Å². The maximum Gasteiger partial charge on any atom is 0.120 e. The molecule has 0 atom stereocenters. The van der Waals surface area contributed by atoms with Crippen LogP contribution in [0, 0.1) is 13.8 Å². The van der Waals surface area contributed by atoms with Crippen LogP contribution >= 0.6 is 12.2 Å². The molecule has 1 aromatic carbocycles. The monoisotopic (exact) mass is 261 g/mol. The van der Waals surface area contributed by atoms with Gasteiger partial charge in [-0.15, -0.1) is 0 Å². The smallest absolute Gasteiger partial charge is 0.120 e. The van der Waals surface area contributed by atoms with Crippen LogP contribution in [0.2, 0.25) is 0 Å². The molecule has 0 aliphatic carbocycles. The average Bonchev–Trinajstić information content (AvgIpc) is 2.69. The number of nitrogens with two attached hydrogens (primary N) is 1. The Bertz CT molecular complexity index is 604. The third-order valence-electron chi connectivity index (χ3n) is 2.98. The molecule has 4 nitrogen and oxygen atoms in total. The van der Waals surface area contributed by atoms with Crippen LogP contribution in [-0.2, 0) is 0 Å². The number of aromatic nitrogens is 2. The van der Waals surface area contributed by atoms with Gasteiger partial charge in [-0.25, -0.2) is 4.98 Å². The second-order valence-electron chi connectivity index (χ2n) is 4.03. The molecule has 0 saturated carbocycles. The molecule has 1 heterocycles. The minimum absolute atomic E-state index is 0.360. The van der Waals surface area contributed by atoms with Crippen LogP contribution in [0.25, 0.3) is 5.69 Å². The van der Waals surface area contributed by atoms with Crippen LogP contribution in [0.4, 0.5) is 0 Å². The fourth-order valence-electron chi connectivity index (χ4n) is 1.79. The van der Waals surface area contributed by atoms with Crippen molar-refractivity contribution in [2.75, 3.05) is 7.11 Å². The molecule has 18 heavy (non-hydrogen) atoms. The number of ether oxygens (including phenoxy) is 1. The molecule has 2 rings (SSSR count). The van der Waals surface area contributed by atoms with Crippen LogP contribution in [0.15, 0.2) is 24.5 Å². The molecule has 2 aromatic rings. The van der Waals surface area contributed by atoms with Crippen molar-refractivity contribution in [3.8, 4) is 11.4 Å². The lowest BCUT2D eigenvalue weighted by molar-refractivity contribution is 0.414. The molecule has 1 aromatic heterocycles. The van der Waals surface area contributed by atoms with E-state index in [4.69, 9.17) is 22.7 Å². The van der Waals surface area contributed by atoms with Gasteiger partial charge in [-0.1, -0.05) is 12.2 Å². The van der Waals surface area contributed by atoms with Gasteiger partial charge in [0.2, 0.25) is 0 Å². The number of methoxy groups -OCH3 is 1. The molecule has 0 aliphatic heterocycles. The fraction of sp³-hybridized carbons (Fsp3) is 0.231. The van der Waals surface area contributed by atoms with Crippen molar-refractivity contribution in [2.45, 2.75) is 13.8 Å². The maximum absolute atomic E-state index is 5.76. The minimum Gasteiger partial charge on any atom is -0.497 e. The van der Waals surface area contributed by atoms with Gasteiger partial charge in [-0.3, -0.25) is 0 Å². The molecule has 0 fully saturated rings. The molecule has 0 unspecified atom stereocenters. The normalized spacial score (nSPS) is 10.4. The third kappa shape index (κ3) is 2.09. The highest BCUT2D eigenvalue weighted by molar-refractivity contribution is 7.80. The zero-order chi connectivity index (χ0) is 13.3. The molecular formula is C13H15N3OS. The fourth-order valence-corrected chi connectivity index (χ4v) is 1.96. The largest absolute Gasteiger partial charge is 0.497 e. The van der Waals surface area contributed by atoms with Crippen molar-refractivity contribution in [3.05, 3.63) is 41.5 Å². The molecule has 2 N–H and O–H groups in total. The molecule has 0 aliphatic rings. The summed E-state index contributed by atoms with van der Waals surface area (Å²) in [4.78, 5) is 4.65. The van der Waals surface area contributed by atoms with Gasteiger partial charge in [0, 0.05) is 17.3 Å². The van der Waals surface area contributed by atoms with Crippen molar-refractivity contribution in [2.24, 2.45) is 5.73 Å². The summed E-state index contributed by atoms with van der Waals surface area (Å²) in [6.45, 7) is 3.97. The van der Waals surface area contributed by atoms with E-state index in [2.05, 4.69) is 4.98 Å². The van der Waals surface area contributed by atoms with Crippen molar-refractivity contribution in [3.63, 3.8) is 0 Å². The van der Waals surface area contributed by atoms with Crippen molar-refractivity contribution < 1.29 is 4.74 Å². The third-order valence-corrected chi connectivity index (χ3v) is 3.20. The Morgan fingerprint density at radius 2 is 2.11 bits per heavy atom. The predicted octanol–water partition coefficient (Wildman–Crippen LogP) is 2.13. The van der Waals surface area contributed by atoms with Crippen LogP contribution in [0.1, 0.15) is 17.0 Å². The number of rotatable bonds is 3. The molecule has 0 spiro atoms. The topological polar surface area (TPSA) is 53.1 Å². The molecule has 5 heteroatoms. The standard InChI is InChI=1S/C13H15N3OS/c1-8-9(2)16(7-15-8)12-6-10(17-3)4-5-11(12)13(14)18/h4-7H,1-3H3,(H2,14,18). The van der Waals surface area contributed by atoms with Gasteiger partial charge in [0.1, 0.15) is 10.7 Å². The Kier molecular flexibility index (Phi) is 3.34. The summed E-state index contributed by atoms with van der Waals surface area (Å²) < 4.78 is 7.20. The molecule has 0 radical (unpaired) electrons. The molecule has 0 saturated heterocycles. The van der Waals surface area contributed by atoms with E-state index in [1.807, 2.05) is 36.6 Å². The highest BCUT2D eigenvalue weighted by Crippen LogP contribution is 2.23. The Morgan fingerprint density at radius 3 is 2.61 bits per heavy atom. The number of hydrogen-bond donors (Lipinski definition) is 1. The summed E-state index contributed by atoms with van der Waals surface area (Å²) in [5.74, 6) is 0.760. The second-order valence-corrected chi connectivity index (χ2v) is 4.47. The number of nitrogens with zero attached hydrogens (tertiary/aromatic N) is 2. The predicted molar refractivity (Wildman–Crippen MR) is 75.5 cm³/mol. The van der Waals surface area contributed by atoms with Crippen LogP contribution in [0.3, 0.4) is 0 Å². The first-order chi connectivity index (χ1) is 8.54. The zero-order valence-corrected chi connectivity index (χ0v) is 11.4. The first-order valence-electron chi connectivity index (χ1n) is 5.53. The molecule has 0 amide bonds. The first kappa shape index (κ1) is 12.6. The van der Waals surface area contributed by atoms with E-state index in [0.717, 1.165) is 28.4 Å².